The van der Waals surface area contributed by atoms with Crippen molar-refractivity contribution >= 4 is 5.97 Å². The van der Waals surface area contributed by atoms with E-state index in [9.17, 15) is 4.79 Å². The summed E-state index contributed by atoms with van der Waals surface area (Å²) in [6, 6.07) is 11.3. The molecule has 1 unspecified atom stereocenters. The van der Waals surface area contributed by atoms with Crippen molar-refractivity contribution in [3.8, 4) is 0 Å². The lowest BCUT2D eigenvalue weighted by Crippen LogP contribution is -2.49. The summed E-state index contributed by atoms with van der Waals surface area (Å²) in [5.41, 5.74) is 0.737. The predicted octanol–water partition coefficient (Wildman–Crippen LogP) is 2.70. The van der Waals surface area contributed by atoms with Crippen molar-refractivity contribution in [3.63, 3.8) is 0 Å². The largest absolute Gasteiger partial charge is 0.454 e. The lowest BCUT2D eigenvalue weighted by atomic mass is 9.80. The third-order valence-electron chi connectivity index (χ3n) is 4.75. The van der Waals surface area contributed by atoms with Crippen LogP contribution in [0, 0.1) is 0 Å². The molecule has 102 valence electrons. The Morgan fingerprint density at radius 2 is 1.79 bits per heavy atom. The zero-order valence-corrected chi connectivity index (χ0v) is 11.6. The SMILES string of the molecule is CC(=O)OC1(c2ccccc2)C[C@H]2CC[C@@H](C1)N2C. The Balaban J connectivity index is 1.97. The van der Waals surface area contributed by atoms with Crippen LogP contribution >= 0.6 is 0 Å². The number of rotatable bonds is 2. The van der Waals surface area contributed by atoms with E-state index in [1.165, 1.54) is 19.8 Å². The van der Waals surface area contributed by atoms with Gasteiger partial charge in [0, 0.05) is 31.8 Å². The van der Waals surface area contributed by atoms with Gasteiger partial charge in [0.15, 0.2) is 0 Å². The molecule has 0 N–H and O–H groups in total. The predicted molar refractivity (Wildman–Crippen MR) is 73.7 cm³/mol. The van der Waals surface area contributed by atoms with Gasteiger partial charge >= 0.3 is 5.97 Å². The van der Waals surface area contributed by atoms with Gasteiger partial charge in [0.05, 0.1) is 0 Å². The monoisotopic (exact) mass is 259 g/mol. The number of esters is 1. The molecule has 2 fully saturated rings. The van der Waals surface area contributed by atoms with E-state index in [4.69, 9.17) is 4.74 Å². The number of hydrogen-bond acceptors (Lipinski definition) is 3. The Bertz CT molecular complexity index is 457. The highest BCUT2D eigenvalue weighted by molar-refractivity contribution is 5.67. The van der Waals surface area contributed by atoms with Crippen LogP contribution in [0.1, 0.15) is 38.2 Å². The van der Waals surface area contributed by atoms with E-state index < -0.39 is 5.60 Å². The number of carbonyl (C=O) groups excluding carboxylic acids is 1. The quantitative estimate of drug-likeness (QED) is 0.765. The van der Waals surface area contributed by atoms with Crippen LogP contribution in [0.4, 0.5) is 0 Å². The topological polar surface area (TPSA) is 29.5 Å². The second-order valence-corrected chi connectivity index (χ2v) is 5.91. The fourth-order valence-corrected chi connectivity index (χ4v) is 3.82. The van der Waals surface area contributed by atoms with Gasteiger partial charge in [-0.05, 0) is 25.5 Å². The maximum atomic E-state index is 11.6. The van der Waals surface area contributed by atoms with Crippen LogP contribution in [0.3, 0.4) is 0 Å². The van der Waals surface area contributed by atoms with E-state index in [-0.39, 0.29) is 5.97 Å². The maximum Gasteiger partial charge on any atom is 0.303 e. The zero-order valence-electron chi connectivity index (χ0n) is 11.6. The molecule has 0 radical (unpaired) electrons. The molecule has 2 heterocycles. The van der Waals surface area contributed by atoms with Crippen LogP contribution in [-0.4, -0.2) is 30.0 Å². The van der Waals surface area contributed by atoms with Crippen molar-refractivity contribution in [3.05, 3.63) is 35.9 Å². The first-order valence-electron chi connectivity index (χ1n) is 7.08. The number of benzene rings is 1. The molecular weight excluding hydrogens is 238 g/mol. The molecule has 2 saturated heterocycles. The Morgan fingerprint density at radius 1 is 1.21 bits per heavy atom. The van der Waals surface area contributed by atoms with Gasteiger partial charge in [0.1, 0.15) is 5.60 Å². The number of ether oxygens (including phenoxy) is 1. The van der Waals surface area contributed by atoms with E-state index in [2.05, 4.69) is 24.1 Å². The third kappa shape index (κ3) is 2.16. The summed E-state index contributed by atoms with van der Waals surface area (Å²) in [7, 11) is 2.20. The van der Waals surface area contributed by atoms with E-state index >= 15 is 0 Å². The first-order chi connectivity index (χ1) is 9.11. The van der Waals surface area contributed by atoms with Gasteiger partial charge in [-0.2, -0.15) is 0 Å². The van der Waals surface area contributed by atoms with Crippen molar-refractivity contribution in [2.45, 2.75) is 50.3 Å². The number of hydrogen-bond donors (Lipinski definition) is 0. The minimum absolute atomic E-state index is 0.173. The first-order valence-corrected chi connectivity index (χ1v) is 7.08. The fraction of sp³-hybridized carbons (Fsp3) is 0.562. The number of nitrogens with zero attached hydrogens (tertiary/aromatic N) is 1. The van der Waals surface area contributed by atoms with Crippen LogP contribution < -0.4 is 0 Å². The van der Waals surface area contributed by atoms with Gasteiger partial charge < -0.3 is 9.64 Å². The molecule has 0 amide bonds. The summed E-state index contributed by atoms with van der Waals surface area (Å²) in [5.74, 6) is -0.173. The van der Waals surface area contributed by atoms with E-state index in [1.807, 2.05) is 18.2 Å². The summed E-state index contributed by atoms with van der Waals surface area (Å²) in [6.07, 6.45) is 4.28. The summed E-state index contributed by atoms with van der Waals surface area (Å²) >= 11 is 0. The second kappa shape index (κ2) is 4.64. The lowest BCUT2D eigenvalue weighted by molar-refractivity contribution is -0.167. The lowest BCUT2D eigenvalue weighted by Gasteiger charge is -2.44. The van der Waals surface area contributed by atoms with Crippen molar-refractivity contribution < 1.29 is 9.53 Å². The molecule has 3 nitrogen and oxygen atoms in total. The van der Waals surface area contributed by atoms with Gasteiger partial charge in [-0.25, -0.2) is 0 Å². The molecule has 1 aromatic rings. The Kier molecular flexibility index (Phi) is 3.09. The smallest absolute Gasteiger partial charge is 0.303 e. The Labute approximate surface area is 114 Å². The van der Waals surface area contributed by atoms with Crippen molar-refractivity contribution in [1.29, 1.82) is 0 Å². The number of fused-ring (bicyclic) bond motifs is 2. The van der Waals surface area contributed by atoms with Crippen LogP contribution in [0.15, 0.2) is 30.3 Å². The van der Waals surface area contributed by atoms with E-state index in [0.717, 1.165) is 18.4 Å². The highest BCUT2D eigenvalue weighted by atomic mass is 16.6. The summed E-state index contributed by atoms with van der Waals surface area (Å²) in [5, 5.41) is 0. The zero-order chi connectivity index (χ0) is 13.5. The van der Waals surface area contributed by atoms with Crippen LogP contribution in [0.25, 0.3) is 0 Å². The molecule has 19 heavy (non-hydrogen) atoms. The summed E-state index contributed by atoms with van der Waals surface area (Å²) < 4.78 is 5.83. The minimum Gasteiger partial charge on any atom is -0.454 e. The highest BCUT2D eigenvalue weighted by Gasteiger charge is 2.49. The van der Waals surface area contributed by atoms with Crippen LogP contribution in [0.2, 0.25) is 0 Å². The third-order valence-corrected chi connectivity index (χ3v) is 4.75. The van der Waals surface area contributed by atoms with Gasteiger partial charge in [0.2, 0.25) is 0 Å². The molecule has 2 bridgehead atoms. The molecule has 0 aromatic heterocycles. The molecule has 3 rings (SSSR count). The van der Waals surface area contributed by atoms with Crippen molar-refractivity contribution in [2.75, 3.05) is 7.05 Å². The number of piperidine rings is 1. The molecule has 2 aliphatic heterocycles. The molecule has 3 heteroatoms. The fourth-order valence-electron chi connectivity index (χ4n) is 3.82. The van der Waals surface area contributed by atoms with E-state index in [1.54, 1.807) is 0 Å². The molecule has 3 atom stereocenters. The summed E-state index contributed by atoms with van der Waals surface area (Å²) in [4.78, 5) is 14.0. The standard InChI is InChI=1S/C16H21NO2/c1-12(18)19-16(13-6-4-3-5-7-13)10-14-8-9-15(11-16)17(14)2/h3-7,14-15H,8-11H2,1-2H3/t14-,15+,16?. The summed E-state index contributed by atoms with van der Waals surface area (Å²) in [6.45, 7) is 1.52. The van der Waals surface area contributed by atoms with Gasteiger partial charge in [-0.3, -0.25) is 4.79 Å². The van der Waals surface area contributed by atoms with Crippen LogP contribution in [-0.2, 0) is 15.1 Å². The van der Waals surface area contributed by atoms with Gasteiger partial charge in [-0.15, -0.1) is 0 Å². The normalized spacial score (nSPS) is 34.2. The van der Waals surface area contributed by atoms with Gasteiger partial charge in [-0.1, -0.05) is 30.3 Å². The highest BCUT2D eigenvalue weighted by Crippen LogP contribution is 2.47. The molecule has 0 saturated carbocycles. The Morgan fingerprint density at radius 3 is 2.32 bits per heavy atom. The maximum absolute atomic E-state index is 11.6. The molecular formula is C16H21NO2. The minimum atomic E-state index is -0.411. The van der Waals surface area contributed by atoms with Crippen LogP contribution in [0.5, 0.6) is 0 Å². The second-order valence-electron chi connectivity index (χ2n) is 5.91. The average molecular weight is 259 g/mol. The first kappa shape index (κ1) is 12.7. The van der Waals surface area contributed by atoms with Crippen molar-refractivity contribution in [2.24, 2.45) is 0 Å². The molecule has 0 aliphatic carbocycles. The molecule has 0 spiro atoms. The number of carbonyl (C=O) groups is 1. The van der Waals surface area contributed by atoms with Crippen molar-refractivity contribution in [1.82, 2.24) is 4.90 Å². The molecule has 1 aromatic carbocycles. The van der Waals surface area contributed by atoms with Gasteiger partial charge in [0.25, 0.3) is 0 Å². The molecule has 2 aliphatic rings. The average Bonchev–Trinajstić information content (AvgIpc) is 2.63. The Hall–Kier alpha value is -1.35. The van der Waals surface area contributed by atoms with E-state index in [0.29, 0.717) is 12.1 Å².